The highest BCUT2D eigenvalue weighted by molar-refractivity contribution is 5.69. The number of esters is 1. The van der Waals surface area contributed by atoms with Crippen LogP contribution in [0.5, 0.6) is 0 Å². The Morgan fingerprint density at radius 1 is 1.24 bits per heavy atom. The van der Waals surface area contributed by atoms with Crippen molar-refractivity contribution < 1.29 is 9.53 Å². The van der Waals surface area contributed by atoms with Crippen LogP contribution in [-0.2, 0) is 16.1 Å². The molecule has 0 unspecified atom stereocenters. The number of nitrogens with zero attached hydrogens (tertiary/aromatic N) is 1. The molecule has 0 spiro atoms. The number of hydrogen-bond donors (Lipinski definition) is 1. The highest BCUT2D eigenvalue weighted by Crippen LogP contribution is 2.20. The summed E-state index contributed by atoms with van der Waals surface area (Å²) in [5.41, 5.74) is 4.86. The molecule has 0 radical (unpaired) electrons. The van der Waals surface area contributed by atoms with E-state index in [9.17, 15) is 4.79 Å². The maximum atomic E-state index is 11.1. The zero-order valence-corrected chi connectivity index (χ0v) is 12.8. The molecule has 0 aliphatic carbocycles. The van der Waals surface area contributed by atoms with E-state index in [-0.39, 0.29) is 5.97 Å². The first-order valence-corrected chi connectivity index (χ1v) is 7.14. The first-order valence-electron chi connectivity index (χ1n) is 7.14. The molecular formula is C17H22N2O2. The maximum absolute atomic E-state index is 11.1. The van der Waals surface area contributed by atoms with E-state index in [0.717, 1.165) is 6.54 Å². The van der Waals surface area contributed by atoms with E-state index in [1.54, 1.807) is 0 Å². The van der Waals surface area contributed by atoms with E-state index in [1.807, 2.05) is 18.2 Å². The van der Waals surface area contributed by atoms with Crippen molar-refractivity contribution in [3.8, 4) is 5.69 Å². The molecule has 0 amide bonds. The van der Waals surface area contributed by atoms with Gasteiger partial charge in [0.15, 0.2) is 0 Å². The standard InChI is InChI=1S/C17H22N2O2/c1-13-11-15(12-18-10-9-17(20)21-3)14(2)19(13)16-7-5-4-6-8-16/h4-8,11,18H,9-10,12H2,1-3H3. The Hall–Kier alpha value is -2.07. The van der Waals surface area contributed by atoms with Crippen molar-refractivity contribution in [2.45, 2.75) is 26.8 Å². The van der Waals surface area contributed by atoms with Gasteiger partial charge in [-0.15, -0.1) is 0 Å². The topological polar surface area (TPSA) is 43.3 Å². The van der Waals surface area contributed by atoms with Gasteiger partial charge in [-0.2, -0.15) is 0 Å². The summed E-state index contributed by atoms with van der Waals surface area (Å²) in [5, 5.41) is 3.29. The van der Waals surface area contributed by atoms with Gasteiger partial charge in [0, 0.05) is 30.2 Å². The molecule has 0 atom stereocenters. The van der Waals surface area contributed by atoms with Gasteiger partial charge in [0.25, 0.3) is 0 Å². The third-order valence-corrected chi connectivity index (χ3v) is 3.60. The lowest BCUT2D eigenvalue weighted by atomic mass is 10.2. The molecule has 0 saturated heterocycles. The zero-order valence-electron chi connectivity index (χ0n) is 12.8. The molecule has 21 heavy (non-hydrogen) atoms. The highest BCUT2D eigenvalue weighted by atomic mass is 16.5. The summed E-state index contributed by atoms with van der Waals surface area (Å²) >= 11 is 0. The molecular weight excluding hydrogens is 264 g/mol. The summed E-state index contributed by atoms with van der Waals surface area (Å²) in [6.07, 6.45) is 0.397. The van der Waals surface area contributed by atoms with Gasteiger partial charge in [-0.3, -0.25) is 4.79 Å². The van der Waals surface area contributed by atoms with Crippen LogP contribution in [0.2, 0.25) is 0 Å². The normalized spacial score (nSPS) is 10.6. The summed E-state index contributed by atoms with van der Waals surface area (Å²) in [6, 6.07) is 12.5. The number of carbonyl (C=O) groups excluding carboxylic acids is 1. The van der Waals surface area contributed by atoms with E-state index < -0.39 is 0 Å². The predicted octanol–water partition coefficient (Wildman–Crippen LogP) is 2.75. The Balaban J connectivity index is 2.04. The van der Waals surface area contributed by atoms with Gasteiger partial charge in [-0.1, -0.05) is 18.2 Å². The lowest BCUT2D eigenvalue weighted by Crippen LogP contribution is -2.18. The fourth-order valence-electron chi connectivity index (χ4n) is 2.50. The van der Waals surface area contributed by atoms with Crippen LogP contribution in [-0.4, -0.2) is 24.2 Å². The minimum atomic E-state index is -0.183. The fraction of sp³-hybridized carbons (Fsp3) is 0.353. The number of rotatable bonds is 6. The minimum Gasteiger partial charge on any atom is -0.469 e. The van der Waals surface area contributed by atoms with Gasteiger partial charge >= 0.3 is 5.97 Å². The molecule has 0 aliphatic rings. The van der Waals surface area contributed by atoms with Crippen LogP contribution in [0.3, 0.4) is 0 Å². The Labute approximate surface area is 125 Å². The summed E-state index contributed by atoms with van der Waals surface area (Å²) in [6.45, 7) is 5.61. The zero-order chi connectivity index (χ0) is 15.2. The van der Waals surface area contributed by atoms with Gasteiger partial charge in [-0.05, 0) is 37.6 Å². The number of methoxy groups -OCH3 is 1. The highest BCUT2D eigenvalue weighted by Gasteiger charge is 2.10. The molecule has 1 heterocycles. The van der Waals surface area contributed by atoms with Crippen molar-refractivity contribution in [2.24, 2.45) is 0 Å². The largest absolute Gasteiger partial charge is 0.469 e. The molecule has 2 rings (SSSR count). The van der Waals surface area contributed by atoms with Gasteiger partial charge in [0.05, 0.1) is 13.5 Å². The molecule has 4 heteroatoms. The van der Waals surface area contributed by atoms with Gasteiger partial charge in [-0.25, -0.2) is 0 Å². The van der Waals surface area contributed by atoms with Crippen molar-refractivity contribution in [2.75, 3.05) is 13.7 Å². The fourth-order valence-corrected chi connectivity index (χ4v) is 2.50. The number of para-hydroxylation sites is 1. The number of aryl methyl sites for hydroxylation is 1. The minimum absolute atomic E-state index is 0.183. The molecule has 4 nitrogen and oxygen atoms in total. The molecule has 112 valence electrons. The predicted molar refractivity (Wildman–Crippen MR) is 83.6 cm³/mol. The van der Waals surface area contributed by atoms with E-state index >= 15 is 0 Å². The SMILES string of the molecule is COC(=O)CCNCc1cc(C)n(-c2ccccc2)c1C. The number of ether oxygens (including phenoxy) is 1. The van der Waals surface area contributed by atoms with Crippen molar-refractivity contribution in [3.05, 3.63) is 53.3 Å². The second kappa shape index (κ2) is 7.09. The van der Waals surface area contributed by atoms with Crippen LogP contribution in [0.15, 0.2) is 36.4 Å². The Bertz CT molecular complexity index is 603. The Morgan fingerprint density at radius 3 is 2.62 bits per heavy atom. The average Bonchev–Trinajstić information content (AvgIpc) is 2.78. The summed E-state index contributed by atoms with van der Waals surface area (Å²) < 4.78 is 6.87. The van der Waals surface area contributed by atoms with Crippen LogP contribution in [0.25, 0.3) is 5.69 Å². The second-order valence-electron chi connectivity index (χ2n) is 5.07. The van der Waals surface area contributed by atoms with Gasteiger partial charge < -0.3 is 14.6 Å². The first kappa shape index (κ1) is 15.3. The third-order valence-electron chi connectivity index (χ3n) is 3.60. The van der Waals surface area contributed by atoms with E-state index in [2.05, 4.69) is 46.7 Å². The summed E-state index contributed by atoms with van der Waals surface area (Å²) in [7, 11) is 1.41. The Morgan fingerprint density at radius 2 is 1.95 bits per heavy atom. The third kappa shape index (κ3) is 3.73. The number of aromatic nitrogens is 1. The summed E-state index contributed by atoms with van der Waals surface area (Å²) in [5.74, 6) is -0.183. The first-order chi connectivity index (χ1) is 10.1. The van der Waals surface area contributed by atoms with E-state index in [0.29, 0.717) is 13.0 Å². The van der Waals surface area contributed by atoms with Crippen molar-refractivity contribution in [1.82, 2.24) is 9.88 Å². The summed E-state index contributed by atoms with van der Waals surface area (Å²) in [4.78, 5) is 11.1. The Kier molecular flexibility index (Phi) is 5.17. The molecule has 1 aromatic carbocycles. The molecule has 0 fully saturated rings. The molecule has 0 bridgehead atoms. The maximum Gasteiger partial charge on any atom is 0.306 e. The van der Waals surface area contributed by atoms with Crippen LogP contribution in [0.1, 0.15) is 23.4 Å². The molecule has 2 aromatic rings. The van der Waals surface area contributed by atoms with E-state index in [4.69, 9.17) is 0 Å². The number of benzene rings is 1. The molecule has 1 aromatic heterocycles. The lowest BCUT2D eigenvalue weighted by molar-refractivity contribution is -0.140. The van der Waals surface area contributed by atoms with Crippen LogP contribution in [0, 0.1) is 13.8 Å². The molecule has 0 aliphatic heterocycles. The van der Waals surface area contributed by atoms with Crippen LogP contribution in [0.4, 0.5) is 0 Å². The van der Waals surface area contributed by atoms with Gasteiger partial charge in [0.2, 0.25) is 0 Å². The number of carbonyl (C=O) groups is 1. The molecule has 1 N–H and O–H groups in total. The van der Waals surface area contributed by atoms with Gasteiger partial charge in [0.1, 0.15) is 0 Å². The van der Waals surface area contributed by atoms with Crippen molar-refractivity contribution >= 4 is 5.97 Å². The number of hydrogen-bond acceptors (Lipinski definition) is 3. The number of nitrogens with one attached hydrogen (secondary N) is 1. The second-order valence-corrected chi connectivity index (χ2v) is 5.07. The van der Waals surface area contributed by atoms with Crippen LogP contribution < -0.4 is 5.32 Å². The smallest absolute Gasteiger partial charge is 0.306 e. The quantitative estimate of drug-likeness (QED) is 0.656. The van der Waals surface area contributed by atoms with Crippen molar-refractivity contribution in [3.63, 3.8) is 0 Å². The van der Waals surface area contributed by atoms with Crippen LogP contribution >= 0.6 is 0 Å². The monoisotopic (exact) mass is 286 g/mol. The molecule has 0 saturated carbocycles. The average molecular weight is 286 g/mol. The lowest BCUT2D eigenvalue weighted by Gasteiger charge is -2.10. The van der Waals surface area contributed by atoms with Crippen molar-refractivity contribution in [1.29, 1.82) is 0 Å². The van der Waals surface area contributed by atoms with E-state index in [1.165, 1.54) is 29.7 Å².